The second-order valence-corrected chi connectivity index (χ2v) is 5.40. The number of nitrogens with zero attached hydrogens (tertiary/aromatic N) is 1. The van der Waals surface area contributed by atoms with Crippen LogP contribution in [0.4, 0.5) is 0 Å². The van der Waals surface area contributed by atoms with E-state index in [9.17, 15) is 0 Å². The highest BCUT2D eigenvalue weighted by Crippen LogP contribution is 2.38. The molecule has 106 valence electrons. The molecule has 0 spiro atoms. The van der Waals surface area contributed by atoms with E-state index in [0.717, 1.165) is 11.4 Å². The van der Waals surface area contributed by atoms with Gasteiger partial charge >= 0.3 is 0 Å². The van der Waals surface area contributed by atoms with E-state index < -0.39 is 0 Å². The Bertz CT molecular complexity index is 552. The van der Waals surface area contributed by atoms with Crippen molar-refractivity contribution in [2.75, 3.05) is 14.2 Å². The lowest BCUT2D eigenvalue weighted by Gasteiger charge is -2.35. The first-order valence-corrected chi connectivity index (χ1v) is 6.83. The van der Waals surface area contributed by atoms with Crippen molar-refractivity contribution >= 4 is 0 Å². The van der Waals surface area contributed by atoms with Crippen LogP contribution < -0.4 is 10.1 Å². The molecule has 1 N–H and O–H groups in total. The zero-order valence-electron chi connectivity index (χ0n) is 12.6. The monoisotopic (exact) mass is 270 g/mol. The lowest BCUT2D eigenvalue weighted by atomic mass is 9.76. The Labute approximate surface area is 121 Å². The highest BCUT2D eigenvalue weighted by molar-refractivity contribution is 5.36. The van der Waals surface area contributed by atoms with Crippen molar-refractivity contribution in [3.8, 4) is 5.75 Å². The van der Waals surface area contributed by atoms with Crippen LogP contribution >= 0.6 is 0 Å². The molecule has 1 unspecified atom stereocenters. The van der Waals surface area contributed by atoms with Gasteiger partial charge in [-0.1, -0.05) is 44.2 Å². The number of methoxy groups -OCH3 is 1. The van der Waals surface area contributed by atoms with Crippen LogP contribution in [-0.2, 0) is 5.41 Å². The number of nitrogens with one attached hydrogen (secondary N) is 1. The molecule has 3 nitrogen and oxygen atoms in total. The summed E-state index contributed by atoms with van der Waals surface area (Å²) in [5.74, 6) is 0.816. The Kier molecular flexibility index (Phi) is 4.40. The highest BCUT2D eigenvalue weighted by atomic mass is 16.5. The second-order valence-electron chi connectivity index (χ2n) is 5.40. The minimum atomic E-state index is -0.0996. The smallest absolute Gasteiger partial charge is 0.142 e. The summed E-state index contributed by atoms with van der Waals surface area (Å²) in [5.41, 5.74) is 2.11. The molecule has 0 aliphatic heterocycles. The number of hydrogen-bond donors (Lipinski definition) is 1. The summed E-state index contributed by atoms with van der Waals surface area (Å²) in [5, 5.41) is 3.39. The van der Waals surface area contributed by atoms with Crippen LogP contribution in [0.15, 0.2) is 48.7 Å². The molecular weight excluding hydrogens is 248 g/mol. The van der Waals surface area contributed by atoms with E-state index in [0.29, 0.717) is 0 Å². The molecule has 2 aromatic rings. The first-order valence-electron chi connectivity index (χ1n) is 6.83. The Balaban J connectivity index is 2.46. The minimum absolute atomic E-state index is 0.0704. The van der Waals surface area contributed by atoms with Gasteiger partial charge in [-0.15, -0.1) is 0 Å². The van der Waals surface area contributed by atoms with Crippen LogP contribution in [-0.4, -0.2) is 19.1 Å². The number of benzene rings is 1. The van der Waals surface area contributed by atoms with Crippen molar-refractivity contribution in [1.29, 1.82) is 0 Å². The third-order valence-corrected chi connectivity index (χ3v) is 3.82. The number of pyridine rings is 1. The average Bonchev–Trinajstić information content (AvgIpc) is 2.49. The predicted molar refractivity (Wildman–Crippen MR) is 82.1 cm³/mol. The van der Waals surface area contributed by atoms with Crippen molar-refractivity contribution in [3.63, 3.8) is 0 Å². The fourth-order valence-electron chi connectivity index (χ4n) is 2.67. The normalized spacial score (nSPS) is 13.0. The van der Waals surface area contributed by atoms with Crippen LogP contribution in [0.3, 0.4) is 0 Å². The van der Waals surface area contributed by atoms with Crippen molar-refractivity contribution in [2.45, 2.75) is 25.3 Å². The van der Waals surface area contributed by atoms with E-state index in [1.807, 2.05) is 31.4 Å². The van der Waals surface area contributed by atoms with Gasteiger partial charge in [0.25, 0.3) is 0 Å². The predicted octanol–water partition coefficient (Wildman–Crippen LogP) is 3.33. The first kappa shape index (κ1) is 14.5. The first-order chi connectivity index (χ1) is 9.61. The van der Waals surface area contributed by atoms with E-state index in [2.05, 4.69) is 48.4 Å². The maximum Gasteiger partial charge on any atom is 0.142 e. The molecule has 1 heterocycles. The van der Waals surface area contributed by atoms with Gasteiger partial charge < -0.3 is 10.1 Å². The lowest BCUT2D eigenvalue weighted by Crippen LogP contribution is -2.36. The number of rotatable bonds is 5. The summed E-state index contributed by atoms with van der Waals surface area (Å²) in [6.45, 7) is 4.44. The highest BCUT2D eigenvalue weighted by Gasteiger charge is 2.34. The number of likely N-dealkylation sites (N-methyl/N-ethyl adjacent to an activating group) is 1. The fourth-order valence-corrected chi connectivity index (χ4v) is 2.67. The third-order valence-electron chi connectivity index (χ3n) is 3.82. The van der Waals surface area contributed by atoms with Crippen molar-refractivity contribution in [3.05, 3.63) is 59.9 Å². The molecule has 20 heavy (non-hydrogen) atoms. The topological polar surface area (TPSA) is 34.2 Å². The largest absolute Gasteiger partial charge is 0.495 e. The zero-order valence-corrected chi connectivity index (χ0v) is 12.6. The molecule has 0 fully saturated rings. The van der Waals surface area contributed by atoms with Crippen molar-refractivity contribution in [2.24, 2.45) is 0 Å². The summed E-state index contributed by atoms with van der Waals surface area (Å²) in [6.07, 6.45) is 1.81. The summed E-state index contributed by atoms with van der Waals surface area (Å²) in [4.78, 5) is 4.52. The molecule has 0 amide bonds. The van der Waals surface area contributed by atoms with Gasteiger partial charge in [-0.05, 0) is 24.7 Å². The number of ether oxygens (including phenoxy) is 1. The van der Waals surface area contributed by atoms with Gasteiger partial charge in [-0.25, -0.2) is 0 Å². The second kappa shape index (κ2) is 6.06. The van der Waals surface area contributed by atoms with Gasteiger partial charge in [0.05, 0.1) is 13.2 Å². The molecular formula is C17H22N2O. The summed E-state index contributed by atoms with van der Waals surface area (Å²) in [7, 11) is 3.65. The molecule has 1 aromatic heterocycles. The van der Waals surface area contributed by atoms with Crippen LogP contribution in [0, 0.1) is 0 Å². The average molecular weight is 270 g/mol. The molecule has 3 heteroatoms. The number of hydrogen-bond acceptors (Lipinski definition) is 3. The van der Waals surface area contributed by atoms with Crippen LogP contribution in [0.1, 0.15) is 31.1 Å². The van der Waals surface area contributed by atoms with Gasteiger partial charge in [-0.3, -0.25) is 4.98 Å². The molecule has 1 atom stereocenters. The molecule has 0 aliphatic rings. The van der Waals surface area contributed by atoms with Crippen LogP contribution in [0.2, 0.25) is 0 Å². The lowest BCUT2D eigenvalue weighted by molar-refractivity contribution is 0.337. The summed E-state index contributed by atoms with van der Waals surface area (Å²) in [6, 6.07) is 14.4. The van der Waals surface area contributed by atoms with E-state index in [1.54, 1.807) is 7.11 Å². The van der Waals surface area contributed by atoms with Crippen molar-refractivity contribution in [1.82, 2.24) is 10.3 Å². The van der Waals surface area contributed by atoms with Gasteiger partial charge in [0.1, 0.15) is 11.4 Å². The Morgan fingerprint density at radius 2 is 1.80 bits per heavy atom. The summed E-state index contributed by atoms with van der Waals surface area (Å²) < 4.78 is 5.46. The Hall–Kier alpha value is -1.87. The van der Waals surface area contributed by atoms with Gasteiger partial charge in [0.15, 0.2) is 0 Å². The van der Waals surface area contributed by atoms with Gasteiger partial charge in [0.2, 0.25) is 0 Å². The maximum atomic E-state index is 5.46. The molecule has 2 rings (SSSR count). The van der Waals surface area contributed by atoms with E-state index >= 15 is 0 Å². The van der Waals surface area contributed by atoms with Crippen LogP contribution in [0.25, 0.3) is 0 Å². The zero-order chi connectivity index (χ0) is 14.6. The van der Waals surface area contributed by atoms with E-state index in [-0.39, 0.29) is 11.5 Å². The maximum absolute atomic E-state index is 5.46. The summed E-state index contributed by atoms with van der Waals surface area (Å²) >= 11 is 0. The minimum Gasteiger partial charge on any atom is -0.495 e. The Morgan fingerprint density at radius 1 is 1.10 bits per heavy atom. The third kappa shape index (κ3) is 2.68. The molecule has 0 saturated heterocycles. The molecule has 0 saturated carbocycles. The standard InChI is InChI=1S/C17H22N2O/c1-17(2,13-9-6-5-7-10-13)16(18-3)15-14(20-4)11-8-12-19-15/h5-12,16,18H,1-4H3. The van der Waals surface area contributed by atoms with Gasteiger partial charge in [0, 0.05) is 11.6 Å². The molecule has 0 radical (unpaired) electrons. The van der Waals surface area contributed by atoms with E-state index in [4.69, 9.17) is 4.74 Å². The molecule has 1 aromatic carbocycles. The Morgan fingerprint density at radius 3 is 2.40 bits per heavy atom. The number of aromatic nitrogens is 1. The van der Waals surface area contributed by atoms with E-state index in [1.165, 1.54) is 5.56 Å². The van der Waals surface area contributed by atoms with Crippen molar-refractivity contribution < 1.29 is 4.74 Å². The van der Waals surface area contributed by atoms with Crippen LogP contribution in [0.5, 0.6) is 5.75 Å². The fraction of sp³-hybridized carbons (Fsp3) is 0.353. The quantitative estimate of drug-likeness (QED) is 0.905. The SMILES string of the molecule is CNC(c1ncccc1OC)C(C)(C)c1ccccc1. The molecule has 0 bridgehead atoms. The molecule has 0 aliphatic carbocycles. The van der Waals surface area contributed by atoms with Gasteiger partial charge in [-0.2, -0.15) is 0 Å².